The van der Waals surface area contributed by atoms with E-state index in [1.807, 2.05) is 36.7 Å². The molecule has 0 N–H and O–H groups in total. The number of aromatic nitrogens is 3. The molecule has 53 heavy (non-hydrogen) atoms. The first-order valence-electron chi connectivity index (χ1n) is 17.5. The Morgan fingerprint density at radius 1 is 0.660 bits per heavy atom. The Hall–Kier alpha value is -5.71. The van der Waals surface area contributed by atoms with E-state index in [0.717, 1.165) is 62.1 Å². The molecular formula is C46H36N5OPt-3. The van der Waals surface area contributed by atoms with Crippen LogP contribution in [0.5, 0.6) is 11.5 Å². The van der Waals surface area contributed by atoms with Crippen molar-refractivity contribution in [2.24, 2.45) is 0 Å². The number of para-hydroxylation sites is 3. The number of fused-ring (bicyclic) bond motifs is 4. The largest absolute Gasteiger partial charge is 0.509 e. The van der Waals surface area contributed by atoms with Gasteiger partial charge in [-0.3, -0.25) is 0 Å². The number of hydrogen-bond acceptors (Lipinski definition) is 5. The Morgan fingerprint density at radius 2 is 1.34 bits per heavy atom. The minimum Gasteiger partial charge on any atom is -0.509 e. The maximum Gasteiger partial charge on any atom is 0.232 e. The van der Waals surface area contributed by atoms with Crippen molar-refractivity contribution in [3.63, 3.8) is 0 Å². The van der Waals surface area contributed by atoms with Crippen LogP contribution in [0.3, 0.4) is 0 Å². The Kier molecular flexibility index (Phi) is 9.09. The van der Waals surface area contributed by atoms with E-state index in [1.54, 1.807) is 0 Å². The fourth-order valence-electron chi connectivity index (χ4n) is 6.87. The van der Waals surface area contributed by atoms with E-state index in [0.29, 0.717) is 17.4 Å². The van der Waals surface area contributed by atoms with Gasteiger partial charge in [-0.2, -0.15) is 12.7 Å². The zero-order chi connectivity index (χ0) is 35.2. The maximum atomic E-state index is 6.69. The van der Waals surface area contributed by atoms with Gasteiger partial charge in [0.1, 0.15) is 0 Å². The summed E-state index contributed by atoms with van der Waals surface area (Å²) in [7, 11) is 0. The summed E-state index contributed by atoms with van der Waals surface area (Å²) in [6, 6.07) is 53.2. The zero-order valence-corrected chi connectivity index (χ0v) is 31.9. The Balaban J connectivity index is 0.00000400. The molecule has 9 rings (SSSR count). The molecule has 0 amide bonds. The first-order valence-corrected chi connectivity index (χ1v) is 17.5. The van der Waals surface area contributed by atoms with E-state index >= 15 is 0 Å². The van der Waals surface area contributed by atoms with Gasteiger partial charge in [-0.25, -0.2) is 9.97 Å². The molecule has 0 unspecified atom stereocenters. The minimum atomic E-state index is -0.0504. The first-order chi connectivity index (χ1) is 25.4. The molecule has 1 aliphatic heterocycles. The molecule has 2 aromatic heterocycles. The second-order valence-electron chi connectivity index (χ2n) is 14.1. The Morgan fingerprint density at radius 3 is 2.09 bits per heavy atom. The van der Waals surface area contributed by atoms with Crippen molar-refractivity contribution in [3.8, 4) is 28.6 Å². The third-order valence-electron chi connectivity index (χ3n) is 9.58. The molecule has 3 heterocycles. The van der Waals surface area contributed by atoms with Crippen LogP contribution in [0.2, 0.25) is 0 Å². The number of rotatable bonds is 7. The SMILES string of the molecule is CC(C)(C)c1cnc(-n2c3[c-]c(Oc4[c-]c(N5[CH-]N(Cc6ccccc6)c6ccccc65)cc(-c5ccccc5)c4)ccc3c3ccccc32)nc1.[Pt]. The summed E-state index contributed by atoms with van der Waals surface area (Å²) >= 11 is 0. The third-order valence-corrected chi connectivity index (χ3v) is 9.58. The maximum absolute atomic E-state index is 6.69. The van der Waals surface area contributed by atoms with Crippen molar-refractivity contribution in [3.05, 3.63) is 176 Å². The van der Waals surface area contributed by atoms with Crippen molar-refractivity contribution in [1.82, 2.24) is 14.5 Å². The van der Waals surface area contributed by atoms with Crippen molar-refractivity contribution in [2.75, 3.05) is 9.80 Å². The second kappa shape index (κ2) is 14.0. The predicted molar refractivity (Wildman–Crippen MR) is 210 cm³/mol. The minimum absolute atomic E-state index is 0. The molecule has 1 aliphatic rings. The molecule has 0 spiro atoms. The summed E-state index contributed by atoms with van der Waals surface area (Å²) in [5.41, 5.74) is 9.34. The first kappa shape index (κ1) is 34.4. The molecule has 6 aromatic carbocycles. The number of ether oxygens (including phenoxy) is 1. The molecular weight excluding hydrogens is 834 g/mol. The van der Waals surface area contributed by atoms with Gasteiger partial charge in [-0.1, -0.05) is 117 Å². The summed E-state index contributed by atoms with van der Waals surface area (Å²) in [6.45, 7) is 9.41. The standard InChI is InChI=1S/C46H36N5O.Pt/c1-46(2,3)35-28-47-45(48-29-35)51-41-19-11-10-18-39(41)40-23-22-37(27-44(40)51)52-38-25-34(33-16-8-5-9-17-33)24-36(26-38)50-31-49(30-32-14-6-4-7-15-32)42-20-12-13-21-43(42)50;/h4-25,28-29,31H,30H2,1-3H3;/q-3;. The molecule has 0 atom stereocenters. The molecule has 0 saturated carbocycles. The van der Waals surface area contributed by atoms with Crippen molar-refractivity contribution in [2.45, 2.75) is 32.7 Å². The monoisotopic (exact) mass is 869 g/mol. The van der Waals surface area contributed by atoms with Gasteiger partial charge in [-0.05, 0) is 45.7 Å². The van der Waals surface area contributed by atoms with E-state index in [4.69, 9.17) is 14.7 Å². The van der Waals surface area contributed by atoms with Crippen LogP contribution in [0.4, 0.5) is 17.1 Å². The van der Waals surface area contributed by atoms with Gasteiger partial charge in [0, 0.05) is 68.4 Å². The van der Waals surface area contributed by atoms with Crippen LogP contribution in [0, 0.1) is 18.8 Å². The second-order valence-corrected chi connectivity index (χ2v) is 14.1. The van der Waals surface area contributed by atoms with Crippen LogP contribution in [0.15, 0.2) is 146 Å². The summed E-state index contributed by atoms with van der Waals surface area (Å²) in [5.74, 6) is 1.76. The molecule has 0 fully saturated rings. The van der Waals surface area contributed by atoms with Crippen LogP contribution in [-0.4, -0.2) is 14.5 Å². The smallest absolute Gasteiger partial charge is 0.232 e. The van der Waals surface area contributed by atoms with E-state index in [2.05, 4.69) is 163 Å². The van der Waals surface area contributed by atoms with E-state index in [1.165, 1.54) is 5.56 Å². The van der Waals surface area contributed by atoms with Gasteiger partial charge in [0.25, 0.3) is 0 Å². The average Bonchev–Trinajstić information content (AvgIpc) is 3.70. The molecule has 0 bridgehead atoms. The molecule has 0 aliphatic carbocycles. The quantitative estimate of drug-likeness (QED) is 0.149. The molecule has 7 heteroatoms. The van der Waals surface area contributed by atoms with Crippen molar-refractivity contribution in [1.29, 1.82) is 0 Å². The topological polar surface area (TPSA) is 46.4 Å². The summed E-state index contributed by atoms with van der Waals surface area (Å²) in [5, 5.41) is 2.16. The van der Waals surface area contributed by atoms with Crippen molar-refractivity contribution < 1.29 is 25.8 Å². The summed E-state index contributed by atoms with van der Waals surface area (Å²) < 4.78 is 8.76. The van der Waals surface area contributed by atoms with Gasteiger partial charge in [0.2, 0.25) is 5.95 Å². The number of anilines is 3. The fraction of sp³-hybridized carbons (Fsp3) is 0.109. The molecule has 264 valence electrons. The van der Waals surface area contributed by atoms with Crippen LogP contribution in [-0.2, 0) is 33.0 Å². The third kappa shape index (κ3) is 6.60. The average molecular weight is 870 g/mol. The number of nitrogens with zero attached hydrogens (tertiary/aromatic N) is 5. The molecule has 0 radical (unpaired) electrons. The van der Waals surface area contributed by atoms with E-state index in [-0.39, 0.29) is 26.5 Å². The molecule has 0 saturated heterocycles. The van der Waals surface area contributed by atoms with Crippen molar-refractivity contribution >= 4 is 38.9 Å². The van der Waals surface area contributed by atoms with Gasteiger partial charge >= 0.3 is 0 Å². The van der Waals surface area contributed by atoms with Gasteiger partial charge in [-0.15, -0.1) is 47.0 Å². The number of hydrogen-bond donors (Lipinski definition) is 0. The van der Waals surface area contributed by atoms with Crippen LogP contribution >= 0.6 is 0 Å². The predicted octanol–water partition coefficient (Wildman–Crippen LogP) is 11.2. The normalized spacial score (nSPS) is 12.6. The number of benzene rings is 6. The summed E-state index contributed by atoms with van der Waals surface area (Å²) in [4.78, 5) is 14.1. The van der Waals surface area contributed by atoms with Gasteiger partial charge < -0.3 is 19.1 Å². The van der Waals surface area contributed by atoms with Crippen LogP contribution < -0.4 is 14.5 Å². The molecule has 6 nitrogen and oxygen atoms in total. The summed E-state index contributed by atoms with van der Waals surface area (Å²) in [6.07, 6.45) is 3.84. The fourth-order valence-corrected chi connectivity index (χ4v) is 6.87. The Labute approximate surface area is 324 Å². The van der Waals surface area contributed by atoms with Crippen LogP contribution in [0.25, 0.3) is 38.9 Å². The van der Waals surface area contributed by atoms with Gasteiger partial charge in [0.05, 0.1) is 0 Å². The molecule has 8 aromatic rings. The zero-order valence-electron chi connectivity index (χ0n) is 29.6. The van der Waals surface area contributed by atoms with E-state index in [9.17, 15) is 0 Å². The van der Waals surface area contributed by atoms with Gasteiger partial charge in [0.15, 0.2) is 0 Å². The van der Waals surface area contributed by atoms with Crippen LogP contribution in [0.1, 0.15) is 31.9 Å². The van der Waals surface area contributed by atoms with E-state index < -0.39 is 0 Å². The Bertz CT molecular complexity index is 2540.